The van der Waals surface area contributed by atoms with Crippen LogP contribution in [0.1, 0.15) is 22.9 Å². The minimum Gasteiger partial charge on any atom is -0.507 e. The number of aromatic nitrogens is 1. The summed E-state index contributed by atoms with van der Waals surface area (Å²) in [6.45, 7) is 0.0914. The molecule has 2 aromatic carbocycles. The first kappa shape index (κ1) is 22.8. The number of aliphatic hydroxyl groups is 1. The fourth-order valence-corrected chi connectivity index (χ4v) is 3.99. The number of amides is 1. The van der Waals surface area contributed by atoms with Gasteiger partial charge in [-0.05, 0) is 48.0 Å². The summed E-state index contributed by atoms with van der Waals surface area (Å²) in [5, 5.41) is 11.4. The maximum absolute atomic E-state index is 13.3. The van der Waals surface area contributed by atoms with Gasteiger partial charge in [-0.15, -0.1) is 0 Å². The Hall–Kier alpha value is -4.33. The molecule has 174 valence electrons. The quantitative estimate of drug-likeness (QED) is 0.326. The van der Waals surface area contributed by atoms with Crippen molar-refractivity contribution in [1.82, 2.24) is 9.88 Å². The summed E-state index contributed by atoms with van der Waals surface area (Å²) in [4.78, 5) is 32.1. The summed E-state index contributed by atoms with van der Waals surface area (Å²) in [7, 11) is 4.51. The number of ether oxygens (including phenoxy) is 3. The second-order valence-corrected chi connectivity index (χ2v) is 7.59. The van der Waals surface area contributed by atoms with Crippen LogP contribution in [0.5, 0.6) is 17.2 Å². The van der Waals surface area contributed by atoms with Crippen molar-refractivity contribution < 1.29 is 28.9 Å². The summed E-state index contributed by atoms with van der Waals surface area (Å²) in [5.74, 6) is -0.443. The average molecular weight is 460 g/mol. The standard InChI is InChI=1S/C26H24N2O6/c1-32-18-9-7-16(8-10-18)23-22(24(29)20-14-19(33-2)11-12-21(20)34-3)25(30)26(31)28(23)15-17-6-4-5-13-27-17/h4-14,23,29H,15H2,1-3H3/b24-22+. The number of carbonyl (C=O) groups excluding carboxylic acids is 2. The smallest absolute Gasteiger partial charge is 0.296 e. The molecule has 8 nitrogen and oxygen atoms in total. The Kier molecular flexibility index (Phi) is 6.49. The molecule has 0 spiro atoms. The zero-order valence-corrected chi connectivity index (χ0v) is 19.0. The third kappa shape index (κ3) is 4.17. The average Bonchev–Trinajstić information content (AvgIpc) is 3.13. The largest absolute Gasteiger partial charge is 0.507 e. The first-order valence-corrected chi connectivity index (χ1v) is 10.5. The van der Waals surface area contributed by atoms with Crippen molar-refractivity contribution in [2.24, 2.45) is 0 Å². The van der Waals surface area contributed by atoms with Crippen molar-refractivity contribution in [3.8, 4) is 17.2 Å². The third-order valence-corrected chi connectivity index (χ3v) is 5.69. The Balaban J connectivity index is 1.90. The molecule has 1 saturated heterocycles. The number of carbonyl (C=O) groups is 2. The molecule has 0 saturated carbocycles. The van der Waals surface area contributed by atoms with Crippen molar-refractivity contribution >= 4 is 17.4 Å². The molecule has 1 aliphatic rings. The molecule has 0 aliphatic carbocycles. The lowest BCUT2D eigenvalue weighted by atomic mass is 9.94. The fourth-order valence-electron chi connectivity index (χ4n) is 3.99. The number of likely N-dealkylation sites (tertiary alicyclic amines) is 1. The molecule has 8 heteroatoms. The van der Waals surface area contributed by atoms with E-state index < -0.39 is 17.7 Å². The number of ketones is 1. The number of benzene rings is 2. The van der Waals surface area contributed by atoms with Crippen LogP contribution < -0.4 is 14.2 Å². The van der Waals surface area contributed by atoms with Gasteiger partial charge in [0, 0.05) is 6.20 Å². The van der Waals surface area contributed by atoms with E-state index in [0.29, 0.717) is 28.5 Å². The van der Waals surface area contributed by atoms with E-state index in [1.807, 2.05) is 6.07 Å². The predicted octanol–water partition coefficient (Wildman–Crippen LogP) is 3.73. The highest BCUT2D eigenvalue weighted by molar-refractivity contribution is 6.46. The second kappa shape index (κ2) is 9.66. The zero-order chi connectivity index (χ0) is 24.2. The van der Waals surface area contributed by atoms with Gasteiger partial charge in [0.15, 0.2) is 0 Å². The highest BCUT2D eigenvalue weighted by atomic mass is 16.5. The van der Waals surface area contributed by atoms with Crippen LogP contribution in [0.15, 0.2) is 72.4 Å². The maximum atomic E-state index is 13.3. The Morgan fingerprint density at radius 3 is 2.26 bits per heavy atom. The lowest BCUT2D eigenvalue weighted by Gasteiger charge is -2.25. The lowest BCUT2D eigenvalue weighted by Crippen LogP contribution is -2.29. The van der Waals surface area contributed by atoms with Gasteiger partial charge in [0.25, 0.3) is 11.7 Å². The normalized spacial score (nSPS) is 17.0. The topological polar surface area (TPSA) is 98.2 Å². The van der Waals surface area contributed by atoms with Crippen LogP contribution in [0, 0.1) is 0 Å². The van der Waals surface area contributed by atoms with E-state index in [2.05, 4.69) is 4.98 Å². The molecular formula is C26H24N2O6. The molecule has 34 heavy (non-hydrogen) atoms. The molecule has 1 aromatic heterocycles. The van der Waals surface area contributed by atoms with Crippen LogP contribution >= 0.6 is 0 Å². The summed E-state index contributed by atoms with van der Waals surface area (Å²) < 4.78 is 15.9. The van der Waals surface area contributed by atoms with Crippen molar-refractivity contribution in [3.63, 3.8) is 0 Å². The summed E-state index contributed by atoms with van der Waals surface area (Å²) >= 11 is 0. The predicted molar refractivity (Wildman–Crippen MR) is 125 cm³/mol. The Labute approximate surface area is 197 Å². The summed E-state index contributed by atoms with van der Waals surface area (Å²) in [5.41, 5.74) is 1.45. The van der Waals surface area contributed by atoms with E-state index in [4.69, 9.17) is 14.2 Å². The molecule has 0 radical (unpaired) electrons. The molecule has 4 rings (SSSR count). The van der Waals surface area contributed by atoms with E-state index in [9.17, 15) is 14.7 Å². The molecule has 1 amide bonds. The molecule has 1 atom stereocenters. The van der Waals surface area contributed by atoms with E-state index in [1.165, 1.54) is 19.1 Å². The zero-order valence-electron chi connectivity index (χ0n) is 19.0. The number of Topliss-reactive ketones (excluding diaryl/α,β-unsaturated/α-hetero) is 1. The van der Waals surface area contributed by atoms with Crippen LogP contribution in [-0.4, -0.2) is 48.0 Å². The maximum Gasteiger partial charge on any atom is 0.296 e. The van der Waals surface area contributed by atoms with Gasteiger partial charge in [-0.1, -0.05) is 18.2 Å². The lowest BCUT2D eigenvalue weighted by molar-refractivity contribution is -0.140. The van der Waals surface area contributed by atoms with Gasteiger partial charge in [0.05, 0.1) is 50.7 Å². The number of hydrogen-bond donors (Lipinski definition) is 1. The second-order valence-electron chi connectivity index (χ2n) is 7.59. The van der Waals surface area contributed by atoms with Crippen LogP contribution in [0.4, 0.5) is 0 Å². The first-order chi connectivity index (χ1) is 16.5. The molecule has 0 bridgehead atoms. The van der Waals surface area contributed by atoms with Crippen LogP contribution in [0.3, 0.4) is 0 Å². The number of aliphatic hydroxyl groups excluding tert-OH is 1. The number of methoxy groups -OCH3 is 3. The van der Waals surface area contributed by atoms with Gasteiger partial charge >= 0.3 is 0 Å². The fraction of sp³-hybridized carbons (Fsp3) is 0.192. The van der Waals surface area contributed by atoms with Gasteiger partial charge in [-0.2, -0.15) is 0 Å². The minimum atomic E-state index is -0.844. The van der Waals surface area contributed by atoms with E-state index >= 15 is 0 Å². The van der Waals surface area contributed by atoms with Gasteiger partial charge in [-0.3, -0.25) is 14.6 Å². The monoisotopic (exact) mass is 460 g/mol. The van der Waals surface area contributed by atoms with Gasteiger partial charge in [0.2, 0.25) is 0 Å². The van der Waals surface area contributed by atoms with Crippen molar-refractivity contribution in [3.05, 3.63) is 89.3 Å². The van der Waals surface area contributed by atoms with Gasteiger partial charge in [0.1, 0.15) is 23.0 Å². The summed E-state index contributed by atoms with van der Waals surface area (Å²) in [6, 6.07) is 16.4. The van der Waals surface area contributed by atoms with E-state index in [-0.39, 0.29) is 23.4 Å². The highest BCUT2D eigenvalue weighted by Crippen LogP contribution is 2.42. The SMILES string of the molecule is COc1ccc(C2/C(=C(\O)c3cc(OC)ccc3OC)C(=O)C(=O)N2Cc2ccccn2)cc1. The molecular weight excluding hydrogens is 436 g/mol. The van der Waals surface area contributed by atoms with Crippen molar-refractivity contribution in [2.75, 3.05) is 21.3 Å². The number of pyridine rings is 1. The van der Waals surface area contributed by atoms with Gasteiger partial charge in [-0.25, -0.2) is 0 Å². The molecule has 1 fully saturated rings. The number of hydrogen-bond acceptors (Lipinski definition) is 7. The number of rotatable bonds is 7. The Bertz CT molecular complexity index is 1240. The van der Waals surface area contributed by atoms with Gasteiger partial charge < -0.3 is 24.2 Å². The summed E-state index contributed by atoms with van der Waals surface area (Å²) in [6.07, 6.45) is 1.62. The van der Waals surface area contributed by atoms with Crippen LogP contribution in [0.2, 0.25) is 0 Å². The van der Waals surface area contributed by atoms with Crippen LogP contribution in [0.25, 0.3) is 5.76 Å². The Morgan fingerprint density at radius 2 is 1.65 bits per heavy atom. The number of nitrogens with zero attached hydrogens (tertiary/aromatic N) is 2. The molecule has 3 aromatic rings. The highest BCUT2D eigenvalue weighted by Gasteiger charge is 2.46. The minimum absolute atomic E-state index is 0.0438. The Morgan fingerprint density at radius 1 is 0.941 bits per heavy atom. The first-order valence-electron chi connectivity index (χ1n) is 10.5. The third-order valence-electron chi connectivity index (χ3n) is 5.69. The molecule has 1 unspecified atom stereocenters. The molecule has 1 aliphatic heterocycles. The van der Waals surface area contributed by atoms with E-state index in [1.54, 1.807) is 67.9 Å². The van der Waals surface area contributed by atoms with E-state index in [0.717, 1.165) is 0 Å². The molecule has 2 heterocycles. The van der Waals surface area contributed by atoms with Crippen LogP contribution in [-0.2, 0) is 16.1 Å². The van der Waals surface area contributed by atoms with Crippen molar-refractivity contribution in [1.29, 1.82) is 0 Å². The van der Waals surface area contributed by atoms with Crippen molar-refractivity contribution in [2.45, 2.75) is 12.6 Å². The molecule has 1 N–H and O–H groups in total.